The first-order valence-corrected chi connectivity index (χ1v) is 20.3. The van der Waals surface area contributed by atoms with Gasteiger partial charge in [-0.2, -0.15) is 0 Å². The van der Waals surface area contributed by atoms with Crippen LogP contribution in [0.2, 0.25) is 0 Å². The summed E-state index contributed by atoms with van der Waals surface area (Å²) < 4.78 is 51.5. The van der Waals surface area contributed by atoms with Crippen LogP contribution >= 0.6 is 0 Å². The summed E-state index contributed by atoms with van der Waals surface area (Å²) in [5.41, 5.74) is 0.421. The van der Waals surface area contributed by atoms with E-state index in [4.69, 9.17) is 42.3 Å². The van der Waals surface area contributed by atoms with Crippen molar-refractivity contribution in [3.8, 4) is 51.6 Å². The predicted molar refractivity (Wildman–Crippen MR) is 219 cm³/mol. The number of methoxy groups -OCH3 is 1. The van der Waals surface area contributed by atoms with Crippen LogP contribution in [0.4, 0.5) is 0 Å². The number of esters is 1. The summed E-state index contributed by atoms with van der Waals surface area (Å²) in [6.45, 7) is -0.0176. The fourth-order valence-electron chi connectivity index (χ4n) is 7.42. The molecule has 0 radical (unpaired) electrons. The summed E-state index contributed by atoms with van der Waals surface area (Å²) in [6, 6.07) is 11.4. The van der Waals surface area contributed by atoms with Crippen molar-refractivity contribution in [2.75, 3.05) is 20.3 Å². The smallest absolute Gasteiger partial charge is 0.402 e. The Morgan fingerprint density at radius 2 is 1.30 bits per heavy atom. The molecule has 0 spiro atoms. The number of aromatic hydroxyl groups is 4. The third kappa shape index (κ3) is 10.0. The second-order valence-corrected chi connectivity index (χ2v) is 15.6. The van der Waals surface area contributed by atoms with E-state index in [1.807, 2.05) is 0 Å². The molecule has 3 saturated heterocycles. The molecule has 358 valence electrons. The average Bonchev–Trinajstić information content (AvgIpc) is 3.29. The number of fused-ring (bicyclic) bond motifs is 1. The number of hydrogen-bond acceptors (Lipinski definition) is 22. The van der Waals surface area contributed by atoms with Gasteiger partial charge in [0.15, 0.2) is 35.4 Å². The standard InChI is InChI=1S/C43H48O23/c1-16-39(66-30(49)8-4-17-3-6-21(46)23(48)9-17)35(54)38(57)41(60-16)59-15-29-32(51)34(53)37(56)43(65-29)63-27-13-20-24(61-40(27)18-5-7-22(47)26(10-18)58-2)11-19(45)12-25(20)62-42-36(55)33(52)31(50)28(14-44)64-42/h3-13,16,28-29,31-39,41-44,50-57H,14-15H2,1-2H3,(H3-,45,46,47,48,49)/p+1/t16?,28-,29-,31-,32-,33+,34+,35+,36-,37-,38-,39+,41-,42-,43-/m1/s1. The fourth-order valence-corrected chi connectivity index (χ4v) is 7.42. The molecule has 15 atom stereocenters. The van der Waals surface area contributed by atoms with Crippen LogP contribution in [-0.2, 0) is 28.5 Å². The highest BCUT2D eigenvalue weighted by Crippen LogP contribution is 2.43. The minimum atomic E-state index is -1.97. The molecule has 3 aliphatic rings. The van der Waals surface area contributed by atoms with Crippen molar-refractivity contribution in [1.82, 2.24) is 0 Å². The minimum absolute atomic E-state index is 0.00577. The van der Waals surface area contributed by atoms with Gasteiger partial charge in [-0.1, -0.05) is 6.07 Å². The van der Waals surface area contributed by atoms with Gasteiger partial charge in [0.25, 0.3) is 0 Å². The van der Waals surface area contributed by atoms with Crippen LogP contribution in [0.5, 0.6) is 40.2 Å². The van der Waals surface area contributed by atoms with E-state index in [-0.39, 0.29) is 51.0 Å². The highest BCUT2D eigenvalue weighted by Gasteiger charge is 2.50. The summed E-state index contributed by atoms with van der Waals surface area (Å²) in [6.07, 6.45) is -23.1. The molecular formula is C43H49O23+. The van der Waals surface area contributed by atoms with Crippen molar-refractivity contribution in [3.05, 3.63) is 66.2 Å². The summed E-state index contributed by atoms with van der Waals surface area (Å²) in [4.78, 5) is 12.6. The van der Waals surface area contributed by atoms with Gasteiger partial charge in [-0.3, -0.25) is 0 Å². The van der Waals surface area contributed by atoms with Gasteiger partial charge in [0.1, 0.15) is 77.9 Å². The van der Waals surface area contributed by atoms with E-state index in [2.05, 4.69) is 0 Å². The average molecular weight is 934 g/mol. The van der Waals surface area contributed by atoms with Gasteiger partial charge >= 0.3 is 17.3 Å². The maximum Gasteiger partial charge on any atom is 0.402 e. The van der Waals surface area contributed by atoms with Crippen LogP contribution in [0.1, 0.15) is 12.5 Å². The summed E-state index contributed by atoms with van der Waals surface area (Å²) in [7, 11) is 1.29. The highest BCUT2D eigenvalue weighted by molar-refractivity contribution is 5.89. The SMILES string of the molecule is COc1cc(-c2[o+]c3cc(O)cc(O[C@@H]4O[C@H](CO)[C@@H](O)[C@H](O)[C@H]4O)c3cc2O[C@@H]2O[C@H](CO[C@@H]3OC(C)[C@H](OC(=O)/C=C/c4ccc(O)c(O)c4)[C@@H](O)[C@H]3O)[C@@H](O)[C@H](O)[C@H]2O)ccc1O. The zero-order chi connectivity index (χ0) is 47.7. The molecule has 0 bridgehead atoms. The number of carbonyl (C=O) groups excluding carboxylic acids is 1. The van der Waals surface area contributed by atoms with E-state index in [1.165, 1.54) is 68.6 Å². The lowest BCUT2D eigenvalue weighted by Gasteiger charge is -2.42. The van der Waals surface area contributed by atoms with Crippen molar-refractivity contribution in [1.29, 1.82) is 0 Å². The number of aliphatic hydroxyl groups is 9. The second kappa shape index (κ2) is 20.1. The number of benzene rings is 3. The highest BCUT2D eigenvalue weighted by atomic mass is 16.7. The number of phenolic OH excluding ortho intramolecular Hbond substituents is 4. The van der Waals surface area contributed by atoms with Crippen molar-refractivity contribution in [2.24, 2.45) is 0 Å². The number of phenols is 4. The lowest BCUT2D eigenvalue weighted by molar-refractivity contribution is -0.319. The summed E-state index contributed by atoms with van der Waals surface area (Å²) in [5.74, 6) is -3.11. The Labute approximate surface area is 373 Å². The molecule has 3 aromatic carbocycles. The molecule has 1 unspecified atom stereocenters. The Balaban J connectivity index is 1.11. The van der Waals surface area contributed by atoms with Gasteiger partial charge in [-0.05, 0) is 42.8 Å². The maximum atomic E-state index is 12.6. The lowest BCUT2D eigenvalue weighted by Crippen LogP contribution is -2.62. The van der Waals surface area contributed by atoms with Crippen LogP contribution in [-0.4, -0.2) is 185 Å². The monoisotopic (exact) mass is 933 g/mol. The zero-order valence-electron chi connectivity index (χ0n) is 34.8. The Morgan fingerprint density at radius 1 is 0.667 bits per heavy atom. The third-order valence-corrected chi connectivity index (χ3v) is 11.1. The van der Waals surface area contributed by atoms with E-state index in [1.54, 1.807) is 0 Å². The first-order chi connectivity index (χ1) is 31.4. The number of hydrogen-bond donors (Lipinski definition) is 13. The van der Waals surface area contributed by atoms with Crippen LogP contribution in [0.3, 0.4) is 0 Å². The molecule has 0 amide bonds. The van der Waals surface area contributed by atoms with Gasteiger partial charge in [-0.15, -0.1) is 0 Å². The normalized spacial score (nSPS) is 32.6. The van der Waals surface area contributed by atoms with Crippen LogP contribution in [0.25, 0.3) is 28.4 Å². The molecular weight excluding hydrogens is 884 g/mol. The fraction of sp³-hybridized carbons (Fsp3) is 0.442. The lowest BCUT2D eigenvalue weighted by atomic mass is 9.98. The van der Waals surface area contributed by atoms with Gasteiger partial charge in [0.05, 0.1) is 38.1 Å². The molecule has 3 aliphatic heterocycles. The molecule has 0 saturated carbocycles. The first-order valence-electron chi connectivity index (χ1n) is 20.3. The van der Waals surface area contributed by atoms with Gasteiger partial charge in [0.2, 0.25) is 18.3 Å². The summed E-state index contributed by atoms with van der Waals surface area (Å²) in [5, 5.41) is 136. The maximum absolute atomic E-state index is 12.6. The Hall–Kier alpha value is -5.64. The number of carbonyl (C=O) groups is 1. The van der Waals surface area contributed by atoms with Gasteiger partial charge in [0, 0.05) is 24.3 Å². The van der Waals surface area contributed by atoms with E-state index >= 15 is 0 Å². The van der Waals surface area contributed by atoms with Crippen molar-refractivity contribution < 1.29 is 113 Å². The Bertz CT molecular complexity index is 2380. The third-order valence-electron chi connectivity index (χ3n) is 11.1. The Kier molecular flexibility index (Phi) is 14.7. The molecule has 13 N–H and O–H groups in total. The van der Waals surface area contributed by atoms with Crippen LogP contribution in [0, 0.1) is 0 Å². The van der Waals surface area contributed by atoms with Crippen molar-refractivity contribution in [2.45, 2.75) is 99.0 Å². The van der Waals surface area contributed by atoms with E-state index in [9.17, 15) is 71.2 Å². The number of ether oxygens (including phenoxy) is 8. The van der Waals surface area contributed by atoms with Crippen molar-refractivity contribution >= 4 is 23.0 Å². The van der Waals surface area contributed by atoms with Crippen molar-refractivity contribution in [3.63, 3.8) is 0 Å². The summed E-state index contributed by atoms with van der Waals surface area (Å²) >= 11 is 0. The van der Waals surface area contributed by atoms with E-state index in [0.717, 1.165) is 12.1 Å². The molecule has 66 heavy (non-hydrogen) atoms. The van der Waals surface area contributed by atoms with Crippen LogP contribution < -0.4 is 14.2 Å². The van der Waals surface area contributed by atoms with E-state index < -0.39 is 123 Å². The number of aliphatic hydroxyl groups excluding tert-OH is 9. The second-order valence-electron chi connectivity index (χ2n) is 15.6. The quantitative estimate of drug-likeness (QED) is 0.0320. The molecule has 4 aromatic rings. The topological polar surface area (TPSA) is 365 Å². The first kappa shape index (κ1) is 48.3. The zero-order valence-corrected chi connectivity index (χ0v) is 34.8. The predicted octanol–water partition coefficient (Wildman–Crippen LogP) is -1.31. The Morgan fingerprint density at radius 3 is 1.97 bits per heavy atom. The van der Waals surface area contributed by atoms with Crippen LogP contribution in [0.15, 0.2) is 65.1 Å². The largest absolute Gasteiger partial charge is 0.507 e. The minimum Gasteiger partial charge on any atom is -0.507 e. The molecule has 7 rings (SSSR count). The molecule has 23 nitrogen and oxygen atoms in total. The van der Waals surface area contributed by atoms with Gasteiger partial charge < -0.3 is 104 Å². The number of rotatable bonds is 13. The molecule has 23 heteroatoms. The van der Waals surface area contributed by atoms with E-state index in [0.29, 0.717) is 5.56 Å². The molecule has 3 fully saturated rings. The van der Waals surface area contributed by atoms with Gasteiger partial charge in [-0.25, -0.2) is 9.21 Å². The molecule has 1 aromatic heterocycles. The molecule has 4 heterocycles. The molecule has 0 aliphatic carbocycles.